The lowest BCUT2D eigenvalue weighted by Crippen LogP contribution is -2.28. The lowest BCUT2D eigenvalue weighted by atomic mass is 10.2. The van der Waals surface area contributed by atoms with Gasteiger partial charge in [-0.05, 0) is 33.8 Å². The maximum atomic E-state index is 11.8. The van der Waals surface area contributed by atoms with Crippen molar-refractivity contribution in [3.63, 3.8) is 0 Å². The number of likely N-dealkylation sites (N-methyl/N-ethyl adjacent to an activating group) is 1. The summed E-state index contributed by atoms with van der Waals surface area (Å²) in [6.07, 6.45) is 3.49. The molecule has 0 saturated carbocycles. The van der Waals surface area contributed by atoms with Crippen LogP contribution in [0.4, 0.5) is 0 Å². The van der Waals surface area contributed by atoms with E-state index < -0.39 is 0 Å². The zero-order valence-corrected chi connectivity index (χ0v) is 11.3. The van der Waals surface area contributed by atoms with Crippen LogP contribution in [-0.2, 0) is 11.8 Å². The molecule has 1 aromatic heterocycles. The number of carbonyl (C=O) groups is 1. The molecule has 4 heteroatoms. The molecule has 0 aliphatic heterocycles. The molecule has 0 N–H and O–H groups in total. The highest BCUT2D eigenvalue weighted by Crippen LogP contribution is 2.13. The van der Waals surface area contributed by atoms with Gasteiger partial charge in [-0.2, -0.15) is 5.10 Å². The first kappa shape index (κ1) is 13.5. The van der Waals surface area contributed by atoms with Crippen LogP contribution < -0.4 is 0 Å². The van der Waals surface area contributed by atoms with Crippen LogP contribution in [0.3, 0.4) is 0 Å². The summed E-state index contributed by atoms with van der Waals surface area (Å²) >= 11 is 0. The van der Waals surface area contributed by atoms with Gasteiger partial charge >= 0.3 is 0 Å². The van der Waals surface area contributed by atoms with Crippen molar-refractivity contribution in [1.29, 1.82) is 0 Å². The van der Waals surface area contributed by atoms with Gasteiger partial charge in [0.15, 0.2) is 0 Å². The third-order valence-electron chi connectivity index (χ3n) is 3.03. The van der Waals surface area contributed by atoms with Crippen molar-refractivity contribution in [3.05, 3.63) is 23.0 Å². The Kier molecular flexibility index (Phi) is 4.49. The van der Waals surface area contributed by atoms with Crippen LogP contribution in [0.2, 0.25) is 0 Å². The van der Waals surface area contributed by atoms with E-state index in [0.717, 1.165) is 30.0 Å². The van der Waals surface area contributed by atoms with E-state index in [2.05, 4.69) is 5.10 Å². The molecule has 0 atom stereocenters. The Labute approximate surface area is 103 Å². The summed E-state index contributed by atoms with van der Waals surface area (Å²) in [5.74, 6) is 0.0534. The average Bonchev–Trinajstić information content (AvgIpc) is 2.53. The van der Waals surface area contributed by atoms with Gasteiger partial charge in [-0.1, -0.05) is 0 Å². The fraction of sp³-hybridized carbons (Fsp3) is 0.538. The third kappa shape index (κ3) is 2.96. The number of nitrogens with zero attached hydrogens (tertiary/aromatic N) is 3. The molecule has 94 valence electrons. The third-order valence-corrected chi connectivity index (χ3v) is 3.03. The van der Waals surface area contributed by atoms with Gasteiger partial charge in [-0.3, -0.25) is 9.48 Å². The number of amides is 1. The van der Waals surface area contributed by atoms with Crippen LogP contribution >= 0.6 is 0 Å². The van der Waals surface area contributed by atoms with Crippen LogP contribution in [0.15, 0.2) is 6.08 Å². The minimum atomic E-state index is 0.0534. The molecule has 1 amide bonds. The standard InChI is InChI=1S/C13H21N3O/c1-6-16(7-2)13(17)9-8-12-10(3)14-15(5)11(12)4/h8-9H,6-7H2,1-5H3/b9-8+. The smallest absolute Gasteiger partial charge is 0.246 e. The fourth-order valence-electron chi connectivity index (χ4n) is 1.83. The maximum absolute atomic E-state index is 11.8. The molecule has 17 heavy (non-hydrogen) atoms. The Bertz CT molecular complexity index is 428. The molecule has 0 spiro atoms. The van der Waals surface area contributed by atoms with E-state index in [1.807, 2.05) is 45.5 Å². The van der Waals surface area contributed by atoms with Gasteiger partial charge in [0.2, 0.25) is 5.91 Å². The molecule has 1 rings (SSSR count). The number of aryl methyl sites for hydroxylation is 2. The largest absolute Gasteiger partial charge is 0.340 e. The van der Waals surface area contributed by atoms with Gasteiger partial charge in [-0.15, -0.1) is 0 Å². The summed E-state index contributed by atoms with van der Waals surface area (Å²) in [5.41, 5.74) is 3.06. The van der Waals surface area contributed by atoms with Gasteiger partial charge in [0.1, 0.15) is 0 Å². The molecule has 0 unspecified atom stereocenters. The van der Waals surface area contributed by atoms with Crippen LogP contribution in [-0.4, -0.2) is 33.7 Å². The van der Waals surface area contributed by atoms with E-state index in [0.29, 0.717) is 0 Å². The Morgan fingerprint density at radius 2 is 1.94 bits per heavy atom. The van der Waals surface area contributed by atoms with Crippen molar-refractivity contribution in [3.8, 4) is 0 Å². The summed E-state index contributed by atoms with van der Waals surface area (Å²) in [5, 5.41) is 4.31. The minimum Gasteiger partial charge on any atom is -0.340 e. The number of aromatic nitrogens is 2. The fourth-order valence-corrected chi connectivity index (χ4v) is 1.83. The van der Waals surface area contributed by atoms with E-state index in [-0.39, 0.29) is 5.91 Å². The first-order valence-corrected chi connectivity index (χ1v) is 5.98. The van der Waals surface area contributed by atoms with E-state index in [9.17, 15) is 4.79 Å². The average molecular weight is 235 g/mol. The lowest BCUT2D eigenvalue weighted by molar-refractivity contribution is -0.125. The van der Waals surface area contributed by atoms with E-state index in [1.54, 1.807) is 11.0 Å². The van der Waals surface area contributed by atoms with Crippen molar-refractivity contribution < 1.29 is 4.79 Å². The lowest BCUT2D eigenvalue weighted by Gasteiger charge is -2.15. The number of carbonyl (C=O) groups excluding carboxylic acids is 1. The van der Waals surface area contributed by atoms with Crippen molar-refractivity contribution in [1.82, 2.24) is 14.7 Å². The first-order valence-electron chi connectivity index (χ1n) is 5.98. The number of hydrogen-bond donors (Lipinski definition) is 0. The molecular weight excluding hydrogens is 214 g/mol. The van der Waals surface area contributed by atoms with E-state index >= 15 is 0 Å². The summed E-state index contributed by atoms with van der Waals surface area (Å²) in [6.45, 7) is 9.40. The second-order valence-corrected chi connectivity index (χ2v) is 4.05. The molecule has 4 nitrogen and oxygen atoms in total. The highest BCUT2D eigenvalue weighted by Gasteiger charge is 2.08. The summed E-state index contributed by atoms with van der Waals surface area (Å²) < 4.78 is 1.83. The Hall–Kier alpha value is -1.58. The molecule has 0 bridgehead atoms. The molecular formula is C13H21N3O. The molecule has 0 aliphatic rings. The van der Waals surface area contributed by atoms with Crippen LogP contribution in [0, 0.1) is 13.8 Å². The van der Waals surface area contributed by atoms with Gasteiger partial charge in [0.25, 0.3) is 0 Å². The van der Waals surface area contributed by atoms with Crippen LogP contribution in [0.25, 0.3) is 6.08 Å². The minimum absolute atomic E-state index is 0.0534. The number of rotatable bonds is 4. The summed E-state index contributed by atoms with van der Waals surface area (Å²) in [6, 6.07) is 0. The van der Waals surface area contributed by atoms with Gasteiger partial charge in [0, 0.05) is 37.5 Å². The first-order chi connectivity index (χ1) is 8.01. The Morgan fingerprint density at radius 1 is 1.35 bits per heavy atom. The van der Waals surface area contributed by atoms with Gasteiger partial charge in [0.05, 0.1) is 5.69 Å². The molecule has 0 fully saturated rings. The second-order valence-electron chi connectivity index (χ2n) is 4.05. The highest BCUT2D eigenvalue weighted by atomic mass is 16.2. The monoisotopic (exact) mass is 235 g/mol. The van der Waals surface area contributed by atoms with Gasteiger partial charge in [-0.25, -0.2) is 0 Å². The molecule has 0 saturated heterocycles. The predicted octanol–water partition coefficient (Wildman–Crippen LogP) is 1.92. The van der Waals surface area contributed by atoms with Gasteiger partial charge < -0.3 is 4.90 Å². The molecule has 1 aromatic rings. The molecule has 0 aliphatic carbocycles. The van der Waals surface area contributed by atoms with Crippen molar-refractivity contribution in [2.24, 2.45) is 7.05 Å². The van der Waals surface area contributed by atoms with Crippen LogP contribution in [0.1, 0.15) is 30.8 Å². The molecule has 0 radical (unpaired) electrons. The van der Waals surface area contributed by atoms with Crippen LogP contribution in [0.5, 0.6) is 0 Å². The zero-order chi connectivity index (χ0) is 13.0. The van der Waals surface area contributed by atoms with Crippen molar-refractivity contribution in [2.45, 2.75) is 27.7 Å². The number of hydrogen-bond acceptors (Lipinski definition) is 2. The Morgan fingerprint density at radius 3 is 2.35 bits per heavy atom. The zero-order valence-electron chi connectivity index (χ0n) is 11.3. The highest BCUT2D eigenvalue weighted by molar-refractivity contribution is 5.92. The van der Waals surface area contributed by atoms with Crippen molar-refractivity contribution >= 4 is 12.0 Å². The maximum Gasteiger partial charge on any atom is 0.246 e. The Balaban J connectivity index is 2.87. The SMILES string of the molecule is CCN(CC)C(=O)/C=C/c1c(C)nn(C)c1C. The normalized spacial score (nSPS) is 11.1. The molecule has 0 aromatic carbocycles. The topological polar surface area (TPSA) is 38.1 Å². The van der Waals surface area contributed by atoms with E-state index in [4.69, 9.17) is 0 Å². The molecule has 1 heterocycles. The predicted molar refractivity (Wildman–Crippen MR) is 69.6 cm³/mol. The summed E-state index contributed by atoms with van der Waals surface area (Å²) in [4.78, 5) is 13.6. The van der Waals surface area contributed by atoms with E-state index in [1.165, 1.54) is 0 Å². The summed E-state index contributed by atoms with van der Waals surface area (Å²) in [7, 11) is 1.91. The quantitative estimate of drug-likeness (QED) is 0.748. The second kappa shape index (κ2) is 5.66. The van der Waals surface area contributed by atoms with Crippen molar-refractivity contribution in [2.75, 3.05) is 13.1 Å².